The summed E-state index contributed by atoms with van der Waals surface area (Å²) in [6.07, 6.45) is 4.85. The normalized spacial score (nSPS) is 11.1. The third kappa shape index (κ3) is 2.19. The van der Waals surface area contributed by atoms with Crippen molar-refractivity contribution in [3.8, 4) is 0 Å². The largest absolute Gasteiger partial charge is 0.379 e. The maximum absolute atomic E-state index is 4.45. The predicted molar refractivity (Wildman–Crippen MR) is 76.0 cm³/mol. The highest BCUT2D eigenvalue weighted by atomic mass is 15.3. The number of nitrogens with zero attached hydrogens (tertiary/aromatic N) is 3. The van der Waals surface area contributed by atoms with Gasteiger partial charge in [-0.1, -0.05) is 19.1 Å². The van der Waals surface area contributed by atoms with Crippen molar-refractivity contribution in [2.75, 3.05) is 5.32 Å². The number of aromatic amines is 1. The highest BCUT2D eigenvalue weighted by molar-refractivity contribution is 5.89. The first-order valence-corrected chi connectivity index (χ1v) is 6.45. The van der Waals surface area contributed by atoms with E-state index in [0.717, 1.165) is 35.2 Å². The molecule has 2 heterocycles. The lowest BCUT2D eigenvalue weighted by Crippen LogP contribution is -2.01. The molecule has 0 fully saturated rings. The van der Waals surface area contributed by atoms with Crippen LogP contribution in [-0.4, -0.2) is 20.0 Å². The topological polar surface area (TPSA) is 58.5 Å². The molecule has 5 heteroatoms. The summed E-state index contributed by atoms with van der Waals surface area (Å²) in [5.74, 6) is 0. The highest BCUT2D eigenvalue weighted by Gasteiger charge is 2.07. The number of H-pyrrole nitrogens is 1. The minimum atomic E-state index is 0.773. The second-order valence-electron chi connectivity index (χ2n) is 4.62. The van der Waals surface area contributed by atoms with E-state index in [-0.39, 0.29) is 0 Å². The van der Waals surface area contributed by atoms with Crippen LogP contribution in [0.4, 0.5) is 5.69 Å². The standard InChI is InChI=1S/C14H17N5/c1-3-12-11(9-19(2)18-12)7-15-13-6-4-5-10-8-16-17-14(10)13/h4-6,8-9,15H,3,7H2,1-2H3,(H,16,17). The van der Waals surface area contributed by atoms with E-state index in [1.165, 1.54) is 5.56 Å². The Labute approximate surface area is 111 Å². The van der Waals surface area contributed by atoms with Crippen LogP contribution in [0.5, 0.6) is 0 Å². The van der Waals surface area contributed by atoms with Gasteiger partial charge in [-0.2, -0.15) is 10.2 Å². The molecule has 1 aromatic carbocycles. The Bertz CT molecular complexity index is 695. The lowest BCUT2D eigenvalue weighted by Gasteiger charge is -2.07. The number of aryl methyl sites for hydroxylation is 2. The second-order valence-corrected chi connectivity index (χ2v) is 4.62. The van der Waals surface area contributed by atoms with Crippen LogP contribution in [0.15, 0.2) is 30.6 Å². The van der Waals surface area contributed by atoms with Gasteiger partial charge in [-0.05, 0) is 12.5 Å². The van der Waals surface area contributed by atoms with E-state index in [9.17, 15) is 0 Å². The van der Waals surface area contributed by atoms with Crippen LogP contribution in [0.25, 0.3) is 10.9 Å². The summed E-state index contributed by atoms with van der Waals surface area (Å²) in [4.78, 5) is 0. The molecule has 2 N–H and O–H groups in total. The van der Waals surface area contributed by atoms with Crippen LogP contribution in [-0.2, 0) is 20.0 Å². The molecule has 0 aliphatic rings. The van der Waals surface area contributed by atoms with Crippen molar-refractivity contribution >= 4 is 16.6 Å². The lowest BCUT2D eigenvalue weighted by atomic mass is 10.2. The zero-order valence-electron chi connectivity index (χ0n) is 11.1. The fraction of sp³-hybridized carbons (Fsp3) is 0.286. The molecule has 0 amide bonds. The van der Waals surface area contributed by atoms with Gasteiger partial charge in [0.25, 0.3) is 0 Å². The van der Waals surface area contributed by atoms with Crippen LogP contribution < -0.4 is 5.32 Å². The summed E-state index contributed by atoms with van der Waals surface area (Å²) >= 11 is 0. The van der Waals surface area contributed by atoms with Crippen LogP contribution in [0.3, 0.4) is 0 Å². The molecule has 0 saturated carbocycles. The van der Waals surface area contributed by atoms with Crippen LogP contribution in [0.2, 0.25) is 0 Å². The summed E-state index contributed by atoms with van der Waals surface area (Å²) in [5, 5.41) is 16.1. The van der Waals surface area contributed by atoms with E-state index in [4.69, 9.17) is 0 Å². The van der Waals surface area contributed by atoms with Crippen molar-refractivity contribution in [1.82, 2.24) is 20.0 Å². The number of hydrogen-bond donors (Lipinski definition) is 2. The molecule has 0 aliphatic heterocycles. The van der Waals surface area contributed by atoms with Gasteiger partial charge in [0.15, 0.2) is 0 Å². The Morgan fingerprint density at radius 1 is 1.37 bits per heavy atom. The molecule has 3 aromatic rings. The number of fused-ring (bicyclic) bond motifs is 1. The van der Waals surface area contributed by atoms with Gasteiger partial charge in [-0.15, -0.1) is 0 Å². The Kier molecular flexibility index (Phi) is 2.95. The maximum atomic E-state index is 4.45. The average molecular weight is 255 g/mol. The summed E-state index contributed by atoms with van der Waals surface area (Å²) < 4.78 is 1.87. The van der Waals surface area contributed by atoms with Crippen molar-refractivity contribution in [3.05, 3.63) is 41.9 Å². The van der Waals surface area contributed by atoms with Gasteiger partial charge in [-0.3, -0.25) is 9.78 Å². The Morgan fingerprint density at radius 2 is 2.26 bits per heavy atom. The first kappa shape index (κ1) is 11.8. The predicted octanol–water partition coefficient (Wildman–Crippen LogP) is 2.47. The number of aromatic nitrogens is 4. The van der Waals surface area contributed by atoms with E-state index < -0.39 is 0 Å². The van der Waals surface area contributed by atoms with E-state index in [1.54, 1.807) is 0 Å². The fourth-order valence-corrected chi connectivity index (χ4v) is 2.34. The van der Waals surface area contributed by atoms with Crippen molar-refractivity contribution in [1.29, 1.82) is 0 Å². The van der Waals surface area contributed by atoms with Gasteiger partial charge in [0.05, 0.1) is 23.1 Å². The third-order valence-corrected chi connectivity index (χ3v) is 3.27. The average Bonchev–Trinajstić information content (AvgIpc) is 3.02. The number of hydrogen-bond acceptors (Lipinski definition) is 3. The molecule has 0 spiro atoms. The van der Waals surface area contributed by atoms with Crippen molar-refractivity contribution < 1.29 is 0 Å². The Hall–Kier alpha value is -2.30. The molecule has 19 heavy (non-hydrogen) atoms. The first-order chi connectivity index (χ1) is 9.28. The summed E-state index contributed by atoms with van der Waals surface area (Å²) in [7, 11) is 1.96. The van der Waals surface area contributed by atoms with Crippen molar-refractivity contribution in [2.24, 2.45) is 7.05 Å². The van der Waals surface area contributed by atoms with Gasteiger partial charge in [0, 0.05) is 30.7 Å². The van der Waals surface area contributed by atoms with Crippen LogP contribution in [0, 0.1) is 0 Å². The second kappa shape index (κ2) is 4.76. The Morgan fingerprint density at radius 3 is 3.11 bits per heavy atom. The molecular weight excluding hydrogens is 238 g/mol. The molecule has 0 radical (unpaired) electrons. The van der Waals surface area contributed by atoms with Gasteiger partial charge < -0.3 is 5.32 Å². The number of nitrogens with one attached hydrogen (secondary N) is 2. The maximum Gasteiger partial charge on any atom is 0.0881 e. The van der Waals surface area contributed by atoms with Gasteiger partial charge in [0.1, 0.15) is 0 Å². The molecule has 0 atom stereocenters. The van der Waals surface area contributed by atoms with Crippen LogP contribution >= 0.6 is 0 Å². The minimum Gasteiger partial charge on any atom is -0.379 e. The lowest BCUT2D eigenvalue weighted by molar-refractivity contribution is 0.746. The zero-order chi connectivity index (χ0) is 13.2. The summed E-state index contributed by atoms with van der Waals surface area (Å²) in [6, 6.07) is 6.14. The SMILES string of the molecule is CCc1nn(C)cc1CNc1cccc2cn[nH]c12. The van der Waals surface area contributed by atoms with Crippen LogP contribution in [0.1, 0.15) is 18.2 Å². The molecule has 2 aromatic heterocycles. The molecule has 0 bridgehead atoms. The molecule has 0 saturated heterocycles. The van der Waals surface area contributed by atoms with E-state index in [1.807, 2.05) is 30.1 Å². The smallest absolute Gasteiger partial charge is 0.0881 e. The van der Waals surface area contributed by atoms with E-state index in [2.05, 4.69) is 39.8 Å². The molecule has 98 valence electrons. The number of benzene rings is 1. The zero-order valence-corrected chi connectivity index (χ0v) is 11.1. The minimum absolute atomic E-state index is 0.773. The van der Waals surface area contributed by atoms with Gasteiger partial charge in [-0.25, -0.2) is 0 Å². The molecular formula is C14H17N5. The quantitative estimate of drug-likeness (QED) is 0.753. The van der Waals surface area contributed by atoms with Gasteiger partial charge >= 0.3 is 0 Å². The monoisotopic (exact) mass is 255 g/mol. The van der Waals surface area contributed by atoms with Gasteiger partial charge in [0.2, 0.25) is 0 Å². The number of para-hydroxylation sites is 1. The number of anilines is 1. The third-order valence-electron chi connectivity index (χ3n) is 3.27. The van der Waals surface area contributed by atoms with E-state index in [0.29, 0.717) is 0 Å². The molecule has 3 rings (SSSR count). The summed E-state index contributed by atoms with van der Waals surface area (Å²) in [6.45, 7) is 2.90. The van der Waals surface area contributed by atoms with E-state index >= 15 is 0 Å². The number of rotatable bonds is 4. The molecule has 5 nitrogen and oxygen atoms in total. The molecule has 0 unspecified atom stereocenters. The van der Waals surface area contributed by atoms with Crippen molar-refractivity contribution in [3.63, 3.8) is 0 Å². The first-order valence-electron chi connectivity index (χ1n) is 6.45. The Balaban J connectivity index is 1.84. The fourth-order valence-electron chi connectivity index (χ4n) is 2.34. The van der Waals surface area contributed by atoms with Crippen molar-refractivity contribution in [2.45, 2.75) is 19.9 Å². The highest BCUT2D eigenvalue weighted by Crippen LogP contribution is 2.21. The summed E-state index contributed by atoms with van der Waals surface area (Å²) in [5.41, 5.74) is 4.50. The molecule has 0 aliphatic carbocycles.